The Kier molecular flexibility index (Phi) is 6.90. The molecule has 26 heavy (non-hydrogen) atoms. The highest BCUT2D eigenvalue weighted by atomic mass is 35.5. The number of amides is 1. The van der Waals surface area contributed by atoms with Gasteiger partial charge in [0.2, 0.25) is 0 Å². The minimum absolute atomic E-state index is 0.142. The van der Waals surface area contributed by atoms with Gasteiger partial charge >= 0.3 is 0 Å². The van der Waals surface area contributed by atoms with E-state index in [0.717, 1.165) is 5.56 Å². The lowest BCUT2D eigenvalue weighted by Gasteiger charge is -2.13. The average Bonchev–Trinajstić information content (AvgIpc) is 2.61. The first kappa shape index (κ1) is 19.6. The number of rotatable bonds is 7. The van der Waals surface area contributed by atoms with Crippen LogP contribution in [0, 0.1) is 11.3 Å². The smallest absolute Gasteiger partial charge is 0.259 e. The van der Waals surface area contributed by atoms with E-state index >= 15 is 0 Å². The van der Waals surface area contributed by atoms with Gasteiger partial charge in [-0.05, 0) is 48.4 Å². The number of hydrogen-bond acceptors (Lipinski definition) is 4. The summed E-state index contributed by atoms with van der Waals surface area (Å²) in [5.74, 6) is 0.223. The third kappa shape index (κ3) is 5.16. The quantitative estimate of drug-likeness (QED) is 0.561. The van der Waals surface area contributed by atoms with Crippen molar-refractivity contribution in [2.24, 2.45) is 5.73 Å². The maximum atomic E-state index is 11.2. The molecule has 2 aromatic carbocycles. The molecule has 0 bridgehead atoms. The van der Waals surface area contributed by atoms with E-state index in [1.54, 1.807) is 36.4 Å². The van der Waals surface area contributed by atoms with Gasteiger partial charge in [-0.25, -0.2) is 0 Å². The first-order chi connectivity index (χ1) is 12.4. The number of benzene rings is 2. The summed E-state index contributed by atoms with van der Waals surface area (Å²) >= 11 is 11.9. The van der Waals surface area contributed by atoms with Crippen molar-refractivity contribution in [3.63, 3.8) is 0 Å². The van der Waals surface area contributed by atoms with Gasteiger partial charge in [0.15, 0.2) is 11.5 Å². The molecule has 1 amide bonds. The molecule has 0 fully saturated rings. The summed E-state index contributed by atoms with van der Waals surface area (Å²) < 4.78 is 11.4. The zero-order chi connectivity index (χ0) is 19.1. The fourth-order valence-corrected chi connectivity index (χ4v) is 2.44. The molecule has 2 rings (SSSR count). The first-order valence-corrected chi connectivity index (χ1v) is 8.45. The molecular formula is C19H16Cl2N2O3. The van der Waals surface area contributed by atoms with E-state index in [1.807, 2.05) is 13.0 Å². The average molecular weight is 391 g/mol. The summed E-state index contributed by atoms with van der Waals surface area (Å²) in [6.45, 7) is 2.55. The van der Waals surface area contributed by atoms with Gasteiger partial charge in [0.05, 0.1) is 16.7 Å². The zero-order valence-corrected chi connectivity index (χ0v) is 15.5. The van der Waals surface area contributed by atoms with Crippen LogP contribution < -0.4 is 15.2 Å². The fraction of sp³-hybridized carbons (Fsp3) is 0.158. The highest BCUT2D eigenvalue weighted by molar-refractivity contribution is 6.42. The summed E-state index contributed by atoms with van der Waals surface area (Å²) in [6, 6.07) is 12.1. The summed E-state index contributed by atoms with van der Waals surface area (Å²) in [6.07, 6.45) is 1.40. The van der Waals surface area contributed by atoms with Crippen molar-refractivity contribution < 1.29 is 14.3 Å². The zero-order valence-electron chi connectivity index (χ0n) is 14.0. The van der Waals surface area contributed by atoms with E-state index in [1.165, 1.54) is 6.08 Å². The van der Waals surface area contributed by atoms with Crippen molar-refractivity contribution in [1.29, 1.82) is 5.26 Å². The monoisotopic (exact) mass is 390 g/mol. The van der Waals surface area contributed by atoms with E-state index in [0.29, 0.717) is 33.7 Å². The van der Waals surface area contributed by atoms with Crippen LogP contribution in [0.5, 0.6) is 11.5 Å². The van der Waals surface area contributed by atoms with Crippen LogP contribution >= 0.6 is 23.2 Å². The van der Waals surface area contributed by atoms with Crippen molar-refractivity contribution >= 4 is 35.2 Å². The molecular weight excluding hydrogens is 375 g/mol. The largest absolute Gasteiger partial charge is 0.490 e. The van der Waals surface area contributed by atoms with E-state index in [9.17, 15) is 4.79 Å². The molecule has 7 heteroatoms. The number of nitrogens with two attached hydrogens (primary N) is 1. The molecule has 2 N–H and O–H groups in total. The number of nitrogens with zero attached hydrogens (tertiary/aromatic N) is 1. The van der Waals surface area contributed by atoms with Crippen molar-refractivity contribution in [2.75, 3.05) is 6.61 Å². The van der Waals surface area contributed by atoms with E-state index in [4.69, 9.17) is 43.7 Å². The number of nitriles is 1. The lowest BCUT2D eigenvalue weighted by Crippen LogP contribution is -2.12. The van der Waals surface area contributed by atoms with E-state index < -0.39 is 5.91 Å². The highest BCUT2D eigenvalue weighted by Gasteiger charge is 2.09. The predicted molar refractivity (Wildman–Crippen MR) is 101 cm³/mol. The summed E-state index contributed by atoms with van der Waals surface area (Å²) in [7, 11) is 0. The molecule has 0 saturated heterocycles. The Labute approximate surface area is 161 Å². The topological polar surface area (TPSA) is 85.3 Å². The second-order valence-electron chi connectivity index (χ2n) is 5.21. The Morgan fingerprint density at radius 2 is 1.92 bits per heavy atom. The molecule has 5 nitrogen and oxygen atoms in total. The summed E-state index contributed by atoms with van der Waals surface area (Å²) in [5.41, 5.74) is 6.46. The minimum Gasteiger partial charge on any atom is -0.490 e. The van der Waals surface area contributed by atoms with Crippen LogP contribution in [-0.4, -0.2) is 12.5 Å². The third-order valence-electron chi connectivity index (χ3n) is 3.34. The Morgan fingerprint density at radius 1 is 1.15 bits per heavy atom. The molecule has 0 aromatic heterocycles. The predicted octanol–water partition coefficient (Wildman–Crippen LogP) is 4.36. The second kappa shape index (κ2) is 9.14. The van der Waals surface area contributed by atoms with Gasteiger partial charge in [-0.3, -0.25) is 4.79 Å². The number of hydrogen-bond donors (Lipinski definition) is 1. The third-order valence-corrected chi connectivity index (χ3v) is 4.08. The van der Waals surface area contributed by atoms with Crippen LogP contribution in [-0.2, 0) is 11.4 Å². The van der Waals surface area contributed by atoms with Crippen molar-refractivity contribution in [3.8, 4) is 17.6 Å². The van der Waals surface area contributed by atoms with Crippen LogP contribution in [0.1, 0.15) is 18.1 Å². The Hall–Kier alpha value is -2.68. The van der Waals surface area contributed by atoms with Gasteiger partial charge in [0, 0.05) is 0 Å². The highest BCUT2D eigenvalue weighted by Crippen LogP contribution is 2.31. The van der Waals surface area contributed by atoms with Crippen molar-refractivity contribution in [1.82, 2.24) is 0 Å². The molecule has 0 saturated carbocycles. The number of ether oxygens (including phenoxy) is 2. The second-order valence-corrected chi connectivity index (χ2v) is 6.02. The molecule has 0 heterocycles. The van der Waals surface area contributed by atoms with Crippen LogP contribution in [0.2, 0.25) is 10.0 Å². The van der Waals surface area contributed by atoms with E-state index in [-0.39, 0.29) is 12.2 Å². The van der Waals surface area contributed by atoms with Gasteiger partial charge < -0.3 is 15.2 Å². The van der Waals surface area contributed by atoms with Crippen LogP contribution in [0.15, 0.2) is 42.0 Å². The number of primary amides is 1. The molecule has 2 aromatic rings. The minimum atomic E-state index is -0.787. The molecule has 0 aliphatic rings. The number of carbonyl (C=O) groups is 1. The molecule has 0 spiro atoms. The lowest BCUT2D eigenvalue weighted by atomic mass is 10.1. The standard InChI is InChI=1S/C19H16Cl2N2O3/c1-2-25-18-9-12(7-14(10-22)19(23)24)4-6-17(18)26-11-13-3-5-15(20)16(21)8-13/h3-9H,2,11H2,1H3,(H2,23,24)/b14-7+. The summed E-state index contributed by atoms with van der Waals surface area (Å²) in [4.78, 5) is 11.2. The van der Waals surface area contributed by atoms with Crippen LogP contribution in [0.4, 0.5) is 0 Å². The maximum absolute atomic E-state index is 11.2. The molecule has 0 aliphatic carbocycles. The van der Waals surface area contributed by atoms with Crippen LogP contribution in [0.25, 0.3) is 6.08 Å². The first-order valence-electron chi connectivity index (χ1n) is 7.69. The maximum Gasteiger partial charge on any atom is 0.259 e. The van der Waals surface area contributed by atoms with Gasteiger partial charge in [0.1, 0.15) is 18.2 Å². The van der Waals surface area contributed by atoms with Crippen molar-refractivity contribution in [2.45, 2.75) is 13.5 Å². The van der Waals surface area contributed by atoms with Gasteiger partial charge in [-0.1, -0.05) is 35.3 Å². The number of carbonyl (C=O) groups excluding carboxylic acids is 1. The fourth-order valence-electron chi connectivity index (χ4n) is 2.12. The van der Waals surface area contributed by atoms with Crippen molar-refractivity contribution in [3.05, 3.63) is 63.1 Å². The molecule has 0 radical (unpaired) electrons. The Balaban J connectivity index is 2.24. The van der Waals surface area contributed by atoms with Gasteiger partial charge in [0.25, 0.3) is 5.91 Å². The molecule has 0 atom stereocenters. The van der Waals surface area contributed by atoms with E-state index in [2.05, 4.69) is 0 Å². The summed E-state index contributed by atoms with van der Waals surface area (Å²) in [5, 5.41) is 9.87. The Morgan fingerprint density at radius 3 is 2.54 bits per heavy atom. The number of halogens is 2. The van der Waals surface area contributed by atoms with Gasteiger partial charge in [-0.2, -0.15) is 5.26 Å². The van der Waals surface area contributed by atoms with Gasteiger partial charge in [-0.15, -0.1) is 0 Å². The molecule has 134 valence electrons. The normalized spacial score (nSPS) is 10.9. The molecule has 0 aliphatic heterocycles. The van der Waals surface area contributed by atoms with Crippen LogP contribution in [0.3, 0.4) is 0 Å². The SMILES string of the molecule is CCOc1cc(/C=C(\C#N)C(N)=O)ccc1OCc1ccc(Cl)c(Cl)c1. The lowest BCUT2D eigenvalue weighted by molar-refractivity contribution is -0.114. The Bertz CT molecular complexity index is 889. The molecule has 0 unspecified atom stereocenters.